The van der Waals surface area contributed by atoms with Gasteiger partial charge in [-0.25, -0.2) is 9.37 Å². The van der Waals surface area contributed by atoms with E-state index in [2.05, 4.69) is 9.88 Å². The molecule has 1 aromatic heterocycles. The zero-order chi connectivity index (χ0) is 22.5. The van der Waals surface area contributed by atoms with Crippen LogP contribution >= 0.6 is 11.3 Å². The lowest BCUT2D eigenvalue weighted by atomic mass is 10.1. The van der Waals surface area contributed by atoms with E-state index < -0.39 is 0 Å². The summed E-state index contributed by atoms with van der Waals surface area (Å²) in [6.45, 7) is 5.70. The number of aromatic nitrogens is 1. The molecule has 168 valence electrons. The third kappa shape index (κ3) is 5.44. The first-order chi connectivity index (χ1) is 15.5. The van der Waals surface area contributed by atoms with Gasteiger partial charge in [-0.1, -0.05) is 12.1 Å². The maximum Gasteiger partial charge on any atom is 0.254 e. The van der Waals surface area contributed by atoms with Crippen LogP contribution in [0.3, 0.4) is 0 Å². The van der Waals surface area contributed by atoms with Gasteiger partial charge in [-0.2, -0.15) is 0 Å². The molecule has 1 aliphatic heterocycles. The van der Waals surface area contributed by atoms with Gasteiger partial charge in [0.1, 0.15) is 12.4 Å². The summed E-state index contributed by atoms with van der Waals surface area (Å²) in [4.78, 5) is 21.5. The minimum Gasteiger partial charge on any atom is -0.494 e. The molecule has 32 heavy (non-hydrogen) atoms. The second-order valence-corrected chi connectivity index (χ2v) is 8.77. The molecule has 3 aromatic rings. The van der Waals surface area contributed by atoms with Crippen molar-refractivity contribution in [3.05, 3.63) is 75.5 Å². The number of benzene rings is 2. The molecular formula is C24H26FN3O3S. The number of piperazine rings is 1. The average Bonchev–Trinajstić information content (AvgIpc) is 3.23. The van der Waals surface area contributed by atoms with Gasteiger partial charge in [0, 0.05) is 43.7 Å². The molecule has 1 aliphatic rings. The zero-order valence-electron chi connectivity index (χ0n) is 18.2. The molecule has 0 N–H and O–H groups in total. The summed E-state index contributed by atoms with van der Waals surface area (Å²) in [6.07, 6.45) is 0. The van der Waals surface area contributed by atoms with Crippen LogP contribution in [0.1, 0.15) is 26.6 Å². The van der Waals surface area contributed by atoms with Crippen LogP contribution in [-0.2, 0) is 13.2 Å². The van der Waals surface area contributed by atoms with E-state index in [1.807, 2.05) is 41.5 Å². The number of carbonyl (C=O) groups excluding carboxylic acids is 1. The highest BCUT2D eigenvalue weighted by molar-refractivity contribution is 7.09. The highest BCUT2D eigenvalue weighted by Gasteiger charge is 2.22. The van der Waals surface area contributed by atoms with E-state index in [9.17, 15) is 9.18 Å². The van der Waals surface area contributed by atoms with Crippen molar-refractivity contribution in [3.8, 4) is 11.5 Å². The fourth-order valence-corrected chi connectivity index (χ4v) is 4.31. The number of halogens is 1. The molecule has 0 bridgehead atoms. The molecule has 0 radical (unpaired) electrons. The smallest absolute Gasteiger partial charge is 0.254 e. The van der Waals surface area contributed by atoms with E-state index in [1.54, 1.807) is 23.5 Å². The van der Waals surface area contributed by atoms with Crippen LogP contribution in [0.4, 0.5) is 4.39 Å². The number of amides is 1. The minimum atomic E-state index is -0.356. The molecular weight excluding hydrogens is 429 g/mol. The third-order valence-corrected chi connectivity index (χ3v) is 6.24. The van der Waals surface area contributed by atoms with Gasteiger partial charge in [0.25, 0.3) is 5.91 Å². The van der Waals surface area contributed by atoms with Gasteiger partial charge < -0.3 is 14.4 Å². The number of aryl methyl sites for hydroxylation is 1. The van der Waals surface area contributed by atoms with Crippen LogP contribution in [0.25, 0.3) is 0 Å². The first-order valence-corrected chi connectivity index (χ1v) is 11.4. The average molecular weight is 456 g/mol. The monoisotopic (exact) mass is 455 g/mol. The van der Waals surface area contributed by atoms with Gasteiger partial charge in [-0.05, 0) is 42.8 Å². The Balaban J connectivity index is 1.30. The molecule has 0 saturated carbocycles. The predicted octanol–water partition coefficient (Wildman–Crippen LogP) is 4.14. The molecule has 8 heteroatoms. The maximum atomic E-state index is 13.9. The lowest BCUT2D eigenvalue weighted by Gasteiger charge is -2.34. The topological polar surface area (TPSA) is 54.9 Å². The van der Waals surface area contributed by atoms with Crippen molar-refractivity contribution in [2.45, 2.75) is 20.1 Å². The Kier molecular flexibility index (Phi) is 7.02. The molecule has 1 saturated heterocycles. The molecule has 4 rings (SSSR count). The van der Waals surface area contributed by atoms with Crippen molar-refractivity contribution in [1.82, 2.24) is 14.8 Å². The summed E-state index contributed by atoms with van der Waals surface area (Å²) < 4.78 is 24.7. The normalized spacial score (nSPS) is 14.4. The van der Waals surface area contributed by atoms with Crippen molar-refractivity contribution < 1.29 is 18.7 Å². The molecule has 0 unspecified atom stereocenters. The van der Waals surface area contributed by atoms with Crippen molar-refractivity contribution in [2.24, 2.45) is 0 Å². The van der Waals surface area contributed by atoms with Gasteiger partial charge in [0.05, 0.1) is 17.8 Å². The highest BCUT2D eigenvalue weighted by Crippen LogP contribution is 2.21. The second-order valence-electron chi connectivity index (χ2n) is 7.71. The van der Waals surface area contributed by atoms with E-state index in [0.717, 1.165) is 29.4 Å². The fraction of sp³-hybridized carbons (Fsp3) is 0.333. The molecule has 1 fully saturated rings. The van der Waals surface area contributed by atoms with Gasteiger partial charge in [-0.15, -0.1) is 11.3 Å². The predicted molar refractivity (Wildman–Crippen MR) is 122 cm³/mol. The number of ether oxygens (including phenoxy) is 2. The summed E-state index contributed by atoms with van der Waals surface area (Å²) >= 11 is 1.59. The van der Waals surface area contributed by atoms with Gasteiger partial charge in [-0.3, -0.25) is 9.69 Å². The van der Waals surface area contributed by atoms with Crippen molar-refractivity contribution >= 4 is 17.2 Å². The Morgan fingerprint density at radius 2 is 1.97 bits per heavy atom. The van der Waals surface area contributed by atoms with Crippen LogP contribution in [0.15, 0.2) is 47.8 Å². The number of hydrogen-bond donors (Lipinski definition) is 0. The van der Waals surface area contributed by atoms with E-state index in [0.29, 0.717) is 37.6 Å². The summed E-state index contributed by atoms with van der Waals surface area (Å²) in [5, 5.41) is 2.98. The van der Waals surface area contributed by atoms with E-state index in [1.165, 1.54) is 13.2 Å². The third-order valence-electron chi connectivity index (χ3n) is 5.42. The first kappa shape index (κ1) is 22.2. The Labute approximate surface area is 191 Å². The van der Waals surface area contributed by atoms with Crippen molar-refractivity contribution in [1.29, 1.82) is 0 Å². The van der Waals surface area contributed by atoms with Crippen molar-refractivity contribution in [2.75, 3.05) is 33.3 Å². The van der Waals surface area contributed by atoms with Crippen LogP contribution in [0.5, 0.6) is 11.5 Å². The largest absolute Gasteiger partial charge is 0.494 e. The van der Waals surface area contributed by atoms with Crippen LogP contribution in [0.2, 0.25) is 0 Å². The number of carbonyl (C=O) groups is 1. The number of methoxy groups -OCH3 is 1. The minimum absolute atomic E-state index is 0.00454. The Bertz CT molecular complexity index is 1080. The Hall–Kier alpha value is -2.97. The standard InChI is InChI=1S/C24H26FN3O3S/c1-17-26-20(16-32-17)15-31-21-5-3-4-19(13-21)24(29)28-10-8-27(9-11-28)14-18-6-7-23(30-2)22(25)12-18/h3-7,12-13,16H,8-11,14-15H2,1-2H3. The number of nitrogens with zero attached hydrogens (tertiary/aromatic N) is 3. The fourth-order valence-electron chi connectivity index (χ4n) is 3.71. The number of hydrogen-bond acceptors (Lipinski definition) is 6. The Morgan fingerprint density at radius 1 is 1.16 bits per heavy atom. The maximum absolute atomic E-state index is 13.9. The van der Waals surface area contributed by atoms with Gasteiger partial charge in [0.2, 0.25) is 0 Å². The highest BCUT2D eigenvalue weighted by atomic mass is 32.1. The summed E-state index contributed by atoms with van der Waals surface area (Å²) in [7, 11) is 1.46. The quantitative estimate of drug-likeness (QED) is 0.536. The molecule has 2 aromatic carbocycles. The summed E-state index contributed by atoms with van der Waals surface area (Å²) in [5.41, 5.74) is 2.39. The van der Waals surface area contributed by atoms with Gasteiger partial charge in [0.15, 0.2) is 11.6 Å². The van der Waals surface area contributed by atoms with Gasteiger partial charge >= 0.3 is 0 Å². The summed E-state index contributed by atoms with van der Waals surface area (Å²) in [6, 6.07) is 12.3. The van der Waals surface area contributed by atoms with Crippen molar-refractivity contribution in [3.63, 3.8) is 0 Å². The van der Waals surface area contributed by atoms with E-state index in [4.69, 9.17) is 9.47 Å². The molecule has 0 spiro atoms. The van der Waals surface area contributed by atoms with Crippen LogP contribution < -0.4 is 9.47 Å². The molecule has 1 amide bonds. The lowest BCUT2D eigenvalue weighted by Crippen LogP contribution is -2.48. The lowest BCUT2D eigenvalue weighted by molar-refractivity contribution is 0.0628. The zero-order valence-corrected chi connectivity index (χ0v) is 19.0. The van der Waals surface area contributed by atoms with Crippen LogP contribution in [0, 0.1) is 12.7 Å². The molecule has 2 heterocycles. The van der Waals surface area contributed by atoms with E-state index in [-0.39, 0.29) is 17.5 Å². The van der Waals surface area contributed by atoms with Crippen LogP contribution in [-0.4, -0.2) is 54.0 Å². The first-order valence-electron chi connectivity index (χ1n) is 10.5. The second kappa shape index (κ2) is 10.1. The SMILES string of the molecule is COc1ccc(CN2CCN(C(=O)c3cccc(OCc4csc(C)n4)c3)CC2)cc1F. The Morgan fingerprint density at radius 3 is 2.66 bits per heavy atom. The molecule has 0 atom stereocenters. The van der Waals surface area contributed by atoms with E-state index >= 15 is 0 Å². The summed E-state index contributed by atoms with van der Waals surface area (Å²) in [5.74, 6) is 0.541. The number of thiazole rings is 1. The molecule has 6 nitrogen and oxygen atoms in total. The number of rotatable bonds is 7. The molecule has 0 aliphatic carbocycles.